The van der Waals surface area contributed by atoms with Crippen LogP contribution in [-0.4, -0.2) is 9.97 Å². The van der Waals surface area contributed by atoms with Crippen LogP contribution < -0.4 is 5.32 Å². The van der Waals surface area contributed by atoms with Gasteiger partial charge in [0.1, 0.15) is 11.8 Å². The van der Waals surface area contributed by atoms with Crippen LogP contribution >= 0.6 is 0 Å². The number of hydrogen-bond donors (Lipinski definition) is 1. The Morgan fingerprint density at radius 3 is 3.06 bits per heavy atom. The van der Waals surface area contributed by atoms with E-state index in [2.05, 4.69) is 15.3 Å². The van der Waals surface area contributed by atoms with Crippen molar-refractivity contribution < 1.29 is 4.42 Å². The van der Waals surface area contributed by atoms with E-state index in [4.69, 9.17) is 9.68 Å². The molecule has 0 saturated carbocycles. The number of nitrogens with one attached hydrogen (secondary N) is 1. The first-order chi connectivity index (χ1) is 7.78. The van der Waals surface area contributed by atoms with Gasteiger partial charge in [-0.1, -0.05) is 0 Å². The van der Waals surface area contributed by atoms with E-state index in [1.54, 1.807) is 18.6 Å². The number of nitriles is 1. The van der Waals surface area contributed by atoms with Crippen LogP contribution in [0.5, 0.6) is 0 Å². The standard InChI is InChI=1S/C11H10N4O/c1-8-4-10(5-12)15-11(14-8)13-6-9-2-3-16-7-9/h2-4,7H,6H2,1H3,(H,13,14,15). The minimum Gasteiger partial charge on any atom is -0.472 e. The van der Waals surface area contributed by atoms with E-state index in [0.717, 1.165) is 11.3 Å². The van der Waals surface area contributed by atoms with Gasteiger partial charge in [0.05, 0.1) is 12.5 Å². The van der Waals surface area contributed by atoms with Gasteiger partial charge >= 0.3 is 0 Å². The Kier molecular flexibility index (Phi) is 2.83. The van der Waals surface area contributed by atoms with E-state index >= 15 is 0 Å². The summed E-state index contributed by atoms with van der Waals surface area (Å²) in [5.74, 6) is 0.456. The molecule has 0 aromatic carbocycles. The zero-order valence-corrected chi connectivity index (χ0v) is 8.77. The molecule has 0 radical (unpaired) electrons. The predicted octanol–water partition coefficient (Wildman–Crippen LogP) is 1.86. The fraction of sp³-hybridized carbons (Fsp3) is 0.182. The molecule has 0 fully saturated rings. The molecule has 0 spiro atoms. The number of anilines is 1. The fourth-order valence-corrected chi connectivity index (χ4v) is 1.28. The molecule has 5 nitrogen and oxygen atoms in total. The minimum atomic E-state index is 0.363. The van der Waals surface area contributed by atoms with Crippen LogP contribution in [0, 0.1) is 18.3 Å². The summed E-state index contributed by atoms with van der Waals surface area (Å²) in [6.45, 7) is 2.40. The maximum atomic E-state index is 8.76. The molecule has 2 aromatic heterocycles. The van der Waals surface area contributed by atoms with Gasteiger partial charge in [0, 0.05) is 17.8 Å². The molecule has 16 heavy (non-hydrogen) atoms. The number of aryl methyl sites for hydroxylation is 1. The summed E-state index contributed by atoms with van der Waals surface area (Å²) in [7, 11) is 0. The van der Waals surface area contributed by atoms with Gasteiger partial charge in [0.25, 0.3) is 0 Å². The third-order valence-corrected chi connectivity index (χ3v) is 2.00. The first kappa shape index (κ1) is 10.2. The van der Waals surface area contributed by atoms with E-state index in [1.807, 2.05) is 19.1 Å². The SMILES string of the molecule is Cc1cc(C#N)nc(NCc2ccoc2)n1. The highest BCUT2D eigenvalue weighted by molar-refractivity contribution is 5.33. The van der Waals surface area contributed by atoms with Gasteiger partial charge in [0.2, 0.25) is 5.95 Å². The molecule has 80 valence electrons. The Labute approximate surface area is 92.8 Å². The lowest BCUT2D eigenvalue weighted by Crippen LogP contribution is -2.04. The Morgan fingerprint density at radius 2 is 2.38 bits per heavy atom. The molecule has 5 heteroatoms. The van der Waals surface area contributed by atoms with Crippen molar-refractivity contribution >= 4 is 5.95 Å². The fourth-order valence-electron chi connectivity index (χ4n) is 1.28. The smallest absolute Gasteiger partial charge is 0.224 e. The second kappa shape index (κ2) is 4.45. The van der Waals surface area contributed by atoms with Gasteiger partial charge in [0.15, 0.2) is 0 Å². The molecular weight excluding hydrogens is 204 g/mol. The zero-order chi connectivity index (χ0) is 11.4. The Hall–Kier alpha value is -2.35. The van der Waals surface area contributed by atoms with Gasteiger partial charge in [-0.15, -0.1) is 0 Å². The number of hydrogen-bond acceptors (Lipinski definition) is 5. The molecule has 2 heterocycles. The van der Waals surface area contributed by atoms with Gasteiger partial charge in [-0.05, 0) is 19.1 Å². The van der Waals surface area contributed by atoms with Crippen LogP contribution in [0.4, 0.5) is 5.95 Å². The van der Waals surface area contributed by atoms with Crippen LogP contribution in [0.3, 0.4) is 0 Å². The van der Waals surface area contributed by atoms with Gasteiger partial charge < -0.3 is 9.73 Å². The van der Waals surface area contributed by atoms with Crippen LogP contribution in [0.1, 0.15) is 17.0 Å². The summed E-state index contributed by atoms with van der Waals surface area (Å²) < 4.78 is 4.94. The van der Waals surface area contributed by atoms with Crippen molar-refractivity contribution in [1.82, 2.24) is 9.97 Å². The lowest BCUT2D eigenvalue weighted by Gasteiger charge is -2.03. The lowest BCUT2D eigenvalue weighted by molar-refractivity contribution is 0.564. The average Bonchev–Trinajstić information content (AvgIpc) is 2.78. The number of aromatic nitrogens is 2. The Bertz CT molecular complexity index is 513. The molecule has 0 atom stereocenters. The molecule has 0 bridgehead atoms. The van der Waals surface area contributed by atoms with Crippen molar-refractivity contribution in [3.63, 3.8) is 0 Å². The van der Waals surface area contributed by atoms with Crippen molar-refractivity contribution in [1.29, 1.82) is 5.26 Å². The summed E-state index contributed by atoms with van der Waals surface area (Å²) in [5.41, 5.74) is 2.13. The van der Waals surface area contributed by atoms with E-state index in [0.29, 0.717) is 18.2 Å². The van der Waals surface area contributed by atoms with Gasteiger partial charge in [-0.2, -0.15) is 5.26 Å². The highest BCUT2D eigenvalue weighted by Crippen LogP contribution is 2.06. The molecule has 0 aliphatic rings. The van der Waals surface area contributed by atoms with Crippen LogP contribution in [0.15, 0.2) is 29.1 Å². The number of furan rings is 1. The van der Waals surface area contributed by atoms with Crippen molar-refractivity contribution in [3.8, 4) is 6.07 Å². The van der Waals surface area contributed by atoms with Crippen LogP contribution in [0.25, 0.3) is 0 Å². The summed E-state index contributed by atoms with van der Waals surface area (Å²) in [6, 6.07) is 5.49. The monoisotopic (exact) mass is 214 g/mol. The minimum absolute atomic E-state index is 0.363. The van der Waals surface area contributed by atoms with Crippen LogP contribution in [0.2, 0.25) is 0 Å². The Morgan fingerprint density at radius 1 is 1.50 bits per heavy atom. The van der Waals surface area contributed by atoms with E-state index < -0.39 is 0 Å². The third-order valence-electron chi connectivity index (χ3n) is 2.00. The maximum absolute atomic E-state index is 8.76. The largest absolute Gasteiger partial charge is 0.472 e. The molecule has 0 unspecified atom stereocenters. The molecule has 1 N–H and O–H groups in total. The number of nitrogens with zero attached hydrogens (tertiary/aromatic N) is 3. The maximum Gasteiger partial charge on any atom is 0.224 e. The molecule has 0 saturated heterocycles. The quantitative estimate of drug-likeness (QED) is 0.844. The normalized spacial score (nSPS) is 9.75. The lowest BCUT2D eigenvalue weighted by atomic mass is 10.3. The molecule has 0 aliphatic heterocycles. The first-order valence-corrected chi connectivity index (χ1v) is 4.78. The van der Waals surface area contributed by atoms with E-state index in [9.17, 15) is 0 Å². The summed E-state index contributed by atoms with van der Waals surface area (Å²) >= 11 is 0. The van der Waals surface area contributed by atoms with Crippen molar-refractivity contribution in [2.45, 2.75) is 13.5 Å². The van der Waals surface area contributed by atoms with Gasteiger partial charge in [-0.25, -0.2) is 9.97 Å². The predicted molar refractivity (Wildman–Crippen MR) is 57.5 cm³/mol. The third kappa shape index (κ3) is 2.36. The molecule has 0 aliphatic carbocycles. The first-order valence-electron chi connectivity index (χ1n) is 4.78. The van der Waals surface area contributed by atoms with Crippen molar-refractivity contribution in [2.24, 2.45) is 0 Å². The second-order valence-corrected chi connectivity index (χ2v) is 3.32. The van der Waals surface area contributed by atoms with Crippen molar-refractivity contribution in [3.05, 3.63) is 41.6 Å². The zero-order valence-electron chi connectivity index (χ0n) is 8.77. The van der Waals surface area contributed by atoms with Crippen LogP contribution in [-0.2, 0) is 6.54 Å². The highest BCUT2D eigenvalue weighted by Gasteiger charge is 2.01. The summed E-state index contributed by atoms with van der Waals surface area (Å²) in [5, 5.41) is 11.8. The average molecular weight is 214 g/mol. The van der Waals surface area contributed by atoms with E-state index in [-0.39, 0.29) is 0 Å². The molecule has 2 aromatic rings. The van der Waals surface area contributed by atoms with Crippen molar-refractivity contribution in [2.75, 3.05) is 5.32 Å². The summed E-state index contributed by atoms with van der Waals surface area (Å²) in [6.07, 6.45) is 3.25. The molecule has 2 rings (SSSR count). The second-order valence-electron chi connectivity index (χ2n) is 3.32. The Balaban J connectivity index is 2.10. The topological polar surface area (TPSA) is 74.7 Å². The molecular formula is C11H10N4O. The summed E-state index contributed by atoms with van der Waals surface area (Å²) in [4.78, 5) is 8.21. The highest BCUT2D eigenvalue weighted by atomic mass is 16.3. The van der Waals surface area contributed by atoms with Gasteiger partial charge in [-0.3, -0.25) is 0 Å². The van der Waals surface area contributed by atoms with E-state index in [1.165, 1.54) is 0 Å². The number of rotatable bonds is 3. The molecule has 0 amide bonds.